The molecule has 3 rings (SSSR count). The van der Waals surface area contributed by atoms with Crippen molar-refractivity contribution in [2.75, 3.05) is 37.0 Å². The third kappa shape index (κ3) is 8.22. The lowest BCUT2D eigenvalue weighted by molar-refractivity contribution is -0.114. The zero-order valence-electron chi connectivity index (χ0n) is 18.4. The highest BCUT2D eigenvalue weighted by molar-refractivity contribution is 5.93. The molecule has 32 heavy (non-hydrogen) atoms. The molecule has 0 aliphatic carbocycles. The van der Waals surface area contributed by atoms with E-state index < -0.39 is 0 Å². The summed E-state index contributed by atoms with van der Waals surface area (Å²) in [6.07, 6.45) is 2.12. The molecule has 3 aromatic rings. The van der Waals surface area contributed by atoms with Crippen LogP contribution in [0.3, 0.4) is 0 Å². The van der Waals surface area contributed by atoms with Crippen LogP contribution in [0.25, 0.3) is 0 Å². The molecule has 168 valence electrons. The molecule has 0 bridgehead atoms. The van der Waals surface area contributed by atoms with Crippen molar-refractivity contribution in [1.82, 2.24) is 0 Å². The molecule has 1 amide bonds. The lowest BCUT2D eigenvalue weighted by atomic mass is 10.3. The van der Waals surface area contributed by atoms with Crippen LogP contribution in [0.15, 0.2) is 78.9 Å². The number of carbonyl (C=O) groups excluding carboxylic acids is 1. The van der Waals surface area contributed by atoms with Gasteiger partial charge in [0, 0.05) is 17.4 Å². The minimum absolute atomic E-state index is 0.132. The quantitative estimate of drug-likeness (QED) is 0.354. The fourth-order valence-electron chi connectivity index (χ4n) is 2.89. The zero-order valence-corrected chi connectivity index (χ0v) is 18.4. The number of para-hydroxylation sites is 1. The van der Waals surface area contributed by atoms with Gasteiger partial charge in [0.1, 0.15) is 30.5 Å². The van der Waals surface area contributed by atoms with Gasteiger partial charge in [0.05, 0.1) is 13.2 Å². The van der Waals surface area contributed by atoms with Crippen LogP contribution in [-0.2, 0) is 4.79 Å². The van der Waals surface area contributed by atoms with Crippen LogP contribution in [0.2, 0.25) is 0 Å². The number of carbonyl (C=O) groups is 1. The molecule has 0 aromatic heterocycles. The monoisotopic (exact) mass is 434 g/mol. The van der Waals surface area contributed by atoms with Crippen LogP contribution in [-0.4, -0.2) is 32.3 Å². The van der Waals surface area contributed by atoms with Gasteiger partial charge in [-0.25, -0.2) is 0 Å². The molecule has 6 heteroatoms. The Kier molecular flexibility index (Phi) is 9.27. The second kappa shape index (κ2) is 12.9. The number of hydrogen-bond donors (Lipinski definition) is 2. The fraction of sp³-hybridized carbons (Fsp3) is 0.269. The number of anilines is 2. The summed E-state index contributed by atoms with van der Waals surface area (Å²) in [5, 5.41) is 5.99. The average molecular weight is 435 g/mol. The van der Waals surface area contributed by atoms with E-state index in [9.17, 15) is 4.79 Å². The van der Waals surface area contributed by atoms with Gasteiger partial charge in [-0.1, -0.05) is 37.6 Å². The molecule has 0 fully saturated rings. The fourth-order valence-corrected chi connectivity index (χ4v) is 2.89. The first kappa shape index (κ1) is 23.0. The maximum atomic E-state index is 12.3. The van der Waals surface area contributed by atoms with Gasteiger partial charge >= 0.3 is 0 Å². The van der Waals surface area contributed by atoms with Crippen LogP contribution in [0.1, 0.15) is 19.8 Å². The molecule has 2 N–H and O–H groups in total. The van der Waals surface area contributed by atoms with E-state index in [0.717, 1.165) is 35.7 Å². The van der Waals surface area contributed by atoms with Gasteiger partial charge in [-0.2, -0.15) is 0 Å². The zero-order chi connectivity index (χ0) is 22.4. The maximum absolute atomic E-state index is 12.3. The van der Waals surface area contributed by atoms with Crippen LogP contribution in [0.4, 0.5) is 11.4 Å². The molecule has 0 atom stereocenters. The third-order valence-corrected chi connectivity index (χ3v) is 4.56. The highest BCUT2D eigenvalue weighted by Gasteiger charge is 2.04. The van der Waals surface area contributed by atoms with Gasteiger partial charge in [0.15, 0.2) is 0 Å². The lowest BCUT2D eigenvalue weighted by Crippen LogP contribution is -2.21. The van der Waals surface area contributed by atoms with Crippen molar-refractivity contribution >= 4 is 17.3 Å². The van der Waals surface area contributed by atoms with E-state index in [2.05, 4.69) is 17.6 Å². The van der Waals surface area contributed by atoms with Gasteiger partial charge in [-0.15, -0.1) is 0 Å². The van der Waals surface area contributed by atoms with E-state index in [4.69, 9.17) is 14.2 Å². The van der Waals surface area contributed by atoms with Gasteiger partial charge in [0.2, 0.25) is 5.91 Å². The summed E-state index contributed by atoms with van der Waals surface area (Å²) in [5.74, 6) is 2.20. The molecule has 0 saturated heterocycles. The molecule has 6 nitrogen and oxygen atoms in total. The van der Waals surface area contributed by atoms with E-state index in [1.165, 1.54) is 0 Å². The molecule has 0 aliphatic heterocycles. The molecule has 0 unspecified atom stereocenters. The molecule has 3 aromatic carbocycles. The topological polar surface area (TPSA) is 68.8 Å². The minimum Gasteiger partial charge on any atom is -0.494 e. The summed E-state index contributed by atoms with van der Waals surface area (Å²) < 4.78 is 17.0. The van der Waals surface area contributed by atoms with E-state index >= 15 is 0 Å². The first-order chi connectivity index (χ1) is 15.7. The number of unbranched alkanes of at least 4 members (excludes halogenated alkanes) is 1. The van der Waals surface area contributed by atoms with Crippen LogP contribution in [0, 0.1) is 0 Å². The molecular formula is C26H30N2O4. The smallest absolute Gasteiger partial charge is 0.243 e. The Labute approximate surface area is 189 Å². The number of benzene rings is 3. The standard InChI is InChI=1S/C26H30N2O4/c1-2-3-16-30-24-14-12-21(13-15-24)28-26(29)20-27-22-8-7-11-25(19-22)32-18-17-31-23-9-5-4-6-10-23/h4-15,19,27H,2-3,16-18,20H2,1H3,(H,28,29). The Hall–Kier alpha value is -3.67. The molecule has 0 saturated carbocycles. The maximum Gasteiger partial charge on any atom is 0.243 e. The van der Waals surface area contributed by atoms with Crippen molar-refractivity contribution in [3.63, 3.8) is 0 Å². The highest BCUT2D eigenvalue weighted by atomic mass is 16.5. The summed E-state index contributed by atoms with van der Waals surface area (Å²) in [6, 6.07) is 24.5. The number of ether oxygens (including phenoxy) is 3. The molecular weight excluding hydrogens is 404 g/mol. The number of nitrogens with one attached hydrogen (secondary N) is 2. The van der Waals surface area contributed by atoms with Crippen LogP contribution in [0.5, 0.6) is 17.2 Å². The van der Waals surface area contributed by atoms with Crippen LogP contribution < -0.4 is 24.8 Å². The largest absolute Gasteiger partial charge is 0.494 e. The van der Waals surface area contributed by atoms with Crippen molar-refractivity contribution in [1.29, 1.82) is 0 Å². The lowest BCUT2D eigenvalue weighted by Gasteiger charge is -2.11. The SMILES string of the molecule is CCCCOc1ccc(NC(=O)CNc2cccc(OCCOc3ccccc3)c2)cc1. The Morgan fingerprint density at radius 3 is 2.12 bits per heavy atom. The molecule has 0 spiro atoms. The van der Waals surface area contributed by atoms with Crippen molar-refractivity contribution < 1.29 is 19.0 Å². The Morgan fingerprint density at radius 2 is 1.38 bits per heavy atom. The summed E-state index contributed by atoms with van der Waals surface area (Å²) in [7, 11) is 0. The second-order valence-electron chi connectivity index (χ2n) is 7.17. The first-order valence-corrected chi connectivity index (χ1v) is 10.9. The summed E-state index contributed by atoms with van der Waals surface area (Å²) in [5.41, 5.74) is 1.54. The second-order valence-corrected chi connectivity index (χ2v) is 7.17. The van der Waals surface area contributed by atoms with Gasteiger partial charge in [-0.05, 0) is 55.0 Å². The minimum atomic E-state index is -0.132. The number of hydrogen-bond acceptors (Lipinski definition) is 5. The van der Waals surface area contributed by atoms with E-state index in [1.54, 1.807) is 0 Å². The first-order valence-electron chi connectivity index (χ1n) is 10.9. The third-order valence-electron chi connectivity index (χ3n) is 4.56. The molecule has 0 aliphatic rings. The van der Waals surface area contributed by atoms with Crippen molar-refractivity contribution in [2.24, 2.45) is 0 Å². The molecule has 0 radical (unpaired) electrons. The van der Waals surface area contributed by atoms with Crippen LogP contribution >= 0.6 is 0 Å². The Balaban J connectivity index is 1.38. The molecule has 0 heterocycles. The predicted octanol–water partition coefficient (Wildman–Crippen LogP) is 5.37. The Morgan fingerprint density at radius 1 is 0.719 bits per heavy atom. The van der Waals surface area contributed by atoms with Crippen molar-refractivity contribution in [3.05, 3.63) is 78.9 Å². The number of rotatable bonds is 13. The highest BCUT2D eigenvalue weighted by Crippen LogP contribution is 2.18. The van der Waals surface area contributed by atoms with Gasteiger partial charge < -0.3 is 24.8 Å². The number of amides is 1. The van der Waals surface area contributed by atoms with E-state index in [1.807, 2.05) is 78.9 Å². The predicted molar refractivity (Wildman–Crippen MR) is 128 cm³/mol. The van der Waals surface area contributed by atoms with Gasteiger partial charge in [0.25, 0.3) is 0 Å². The van der Waals surface area contributed by atoms with Crippen molar-refractivity contribution in [3.8, 4) is 17.2 Å². The summed E-state index contributed by atoms with van der Waals surface area (Å²) in [4.78, 5) is 12.3. The van der Waals surface area contributed by atoms with Crippen molar-refractivity contribution in [2.45, 2.75) is 19.8 Å². The Bertz CT molecular complexity index is 946. The summed E-state index contributed by atoms with van der Waals surface area (Å²) in [6.45, 7) is 3.86. The van der Waals surface area contributed by atoms with E-state index in [-0.39, 0.29) is 12.5 Å². The van der Waals surface area contributed by atoms with Gasteiger partial charge in [-0.3, -0.25) is 4.79 Å². The normalized spacial score (nSPS) is 10.3. The summed E-state index contributed by atoms with van der Waals surface area (Å²) >= 11 is 0. The van der Waals surface area contributed by atoms with E-state index in [0.29, 0.717) is 25.6 Å². The average Bonchev–Trinajstić information content (AvgIpc) is 2.83.